The summed E-state index contributed by atoms with van der Waals surface area (Å²) in [7, 11) is 1.50. The molecule has 0 aliphatic rings. The third-order valence-electron chi connectivity index (χ3n) is 2.47. The van der Waals surface area contributed by atoms with Crippen LogP contribution < -0.4 is 4.74 Å². The van der Waals surface area contributed by atoms with Crippen LogP contribution in [0.3, 0.4) is 0 Å². The first-order chi connectivity index (χ1) is 6.49. The van der Waals surface area contributed by atoms with Gasteiger partial charge in [0.15, 0.2) is 11.5 Å². The highest BCUT2D eigenvalue weighted by atomic mass is 16.5. The van der Waals surface area contributed by atoms with Crippen molar-refractivity contribution >= 4 is 0 Å². The molecule has 0 spiro atoms. The van der Waals surface area contributed by atoms with E-state index in [-0.39, 0.29) is 5.75 Å². The van der Waals surface area contributed by atoms with Crippen LogP contribution in [-0.4, -0.2) is 17.3 Å². The van der Waals surface area contributed by atoms with E-state index < -0.39 is 6.10 Å². The highest BCUT2D eigenvalue weighted by molar-refractivity contribution is 5.53. The van der Waals surface area contributed by atoms with Gasteiger partial charge < -0.3 is 14.9 Å². The average Bonchev–Trinajstić information content (AvgIpc) is 2.11. The fourth-order valence-corrected chi connectivity index (χ4v) is 1.56. The Bertz CT molecular complexity index is 343. The standard InChI is InChI=1S/C11H16O3/c1-6-5-9(14-4)11(13)10(7(6)2)8(3)12/h5,8,12-13H,1-4H3. The molecule has 0 bridgehead atoms. The van der Waals surface area contributed by atoms with Crippen LogP contribution in [-0.2, 0) is 0 Å². The van der Waals surface area contributed by atoms with Gasteiger partial charge in [0.05, 0.1) is 13.2 Å². The van der Waals surface area contributed by atoms with Crippen LogP contribution in [0.4, 0.5) is 0 Å². The Labute approximate surface area is 84.0 Å². The van der Waals surface area contributed by atoms with E-state index in [0.29, 0.717) is 11.3 Å². The second kappa shape index (κ2) is 3.88. The Morgan fingerprint density at radius 3 is 2.36 bits per heavy atom. The van der Waals surface area contributed by atoms with Crippen LogP contribution in [0.5, 0.6) is 11.5 Å². The number of phenolic OH excluding ortho intramolecular Hbond substituents is 1. The number of aliphatic hydroxyl groups excluding tert-OH is 1. The summed E-state index contributed by atoms with van der Waals surface area (Å²) in [4.78, 5) is 0. The van der Waals surface area contributed by atoms with Crippen LogP contribution in [0.2, 0.25) is 0 Å². The molecule has 14 heavy (non-hydrogen) atoms. The lowest BCUT2D eigenvalue weighted by atomic mass is 9.98. The first kappa shape index (κ1) is 10.9. The van der Waals surface area contributed by atoms with Gasteiger partial charge in [0.2, 0.25) is 0 Å². The number of aryl methyl sites for hydroxylation is 1. The molecule has 0 aliphatic carbocycles. The quantitative estimate of drug-likeness (QED) is 0.761. The highest BCUT2D eigenvalue weighted by Crippen LogP contribution is 2.37. The van der Waals surface area contributed by atoms with E-state index in [2.05, 4.69) is 0 Å². The molecular weight excluding hydrogens is 180 g/mol. The van der Waals surface area contributed by atoms with Crippen molar-refractivity contribution in [3.05, 3.63) is 22.8 Å². The van der Waals surface area contributed by atoms with E-state index in [0.717, 1.165) is 11.1 Å². The molecule has 3 nitrogen and oxygen atoms in total. The van der Waals surface area contributed by atoms with Gasteiger partial charge in [-0.15, -0.1) is 0 Å². The maximum absolute atomic E-state index is 9.78. The zero-order valence-corrected chi connectivity index (χ0v) is 8.96. The normalized spacial score (nSPS) is 12.6. The minimum Gasteiger partial charge on any atom is -0.504 e. The molecule has 2 N–H and O–H groups in total. The van der Waals surface area contributed by atoms with Crippen molar-refractivity contribution in [1.29, 1.82) is 0 Å². The summed E-state index contributed by atoms with van der Waals surface area (Å²) >= 11 is 0. The second-order valence-electron chi connectivity index (χ2n) is 3.46. The van der Waals surface area contributed by atoms with Gasteiger partial charge >= 0.3 is 0 Å². The van der Waals surface area contributed by atoms with Gasteiger partial charge in [0.1, 0.15) is 0 Å². The van der Waals surface area contributed by atoms with Crippen LogP contribution in [0, 0.1) is 13.8 Å². The molecule has 1 rings (SSSR count). The smallest absolute Gasteiger partial charge is 0.163 e. The Kier molecular flexibility index (Phi) is 3.01. The lowest BCUT2D eigenvalue weighted by molar-refractivity contribution is 0.193. The van der Waals surface area contributed by atoms with Crippen molar-refractivity contribution in [2.45, 2.75) is 26.9 Å². The fourth-order valence-electron chi connectivity index (χ4n) is 1.56. The number of aromatic hydroxyl groups is 1. The van der Waals surface area contributed by atoms with Crippen molar-refractivity contribution in [1.82, 2.24) is 0 Å². The number of hydrogen-bond acceptors (Lipinski definition) is 3. The molecule has 0 radical (unpaired) electrons. The average molecular weight is 196 g/mol. The van der Waals surface area contributed by atoms with Gasteiger partial charge in [0, 0.05) is 5.56 Å². The number of rotatable bonds is 2. The summed E-state index contributed by atoms with van der Waals surface area (Å²) in [6.45, 7) is 5.42. The monoisotopic (exact) mass is 196 g/mol. The number of hydrogen-bond donors (Lipinski definition) is 2. The zero-order chi connectivity index (χ0) is 10.9. The van der Waals surface area contributed by atoms with Crippen molar-refractivity contribution < 1.29 is 14.9 Å². The largest absolute Gasteiger partial charge is 0.504 e. The molecule has 1 aromatic carbocycles. The number of aliphatic hydroxyl groups is 1. The molecule has 0 saturated carbocycles. The van der Waals surface area contributed by atoms with Gasteiger partial charge in [-0.25, -0.2) is 0 Å². The summed E-state index contributed by atoms with van der Waals surface area (Å²) in [6, 6.07) is 1.76. The Morgan fingerprint density at radius 1 is 1.36 bits per heavy atom. The van der Waals surface area contributed by atoms with Gasteiger partial charge in [-0.05, 0) is 38.0 Å². The van der Waals surface area contributed by atoms with Crippen molar-refractivity contribution in [3.8, 4) is 11.5 Å². The third kappa shape index (κ3) is 1.68. The summed E-state index contributed by atoms with van der Waals surface area (Å²) in [5, 5.41) is 19.3. The molecule has 0 aromatic heterocycles. The molecule has 1 aromatic rings. The molecule has 0 aliphatic heterocycles. The van der Waals surface area contributed by atoms with E-state index in [9.17, 15) is 10.2 Å². The molecule has 0 saturated heterocycles. The van der Waals surface area contributed by atoms with E-state index >= 15 is 0 Å². The molecule has 0 fully saturated rings. The van der Waals surface area contributed by atoms with Gasteiger partial charge in [-0.2, -0.15) is 0 Å². The zero-order valence-electron chi connectivity index (χ0n) is 8.96. The minimum atomic E-state index is -0.691. The maximum Gasteiger partial charge on any atom is 0.163 e. The van der Waals surface area contributed by atoms with Crippen LogP contribution in [0.25, 0.3) is 0 Å². The number of benzene rings is 1. The van der Waals surface area contributed by atoms with E-state index in [1.54, 1.807) is 13.0 Å². The third-order valence-corrected chi connectivity index (χ3v) is 2.47. The summed E-state index contributed by atoms with van der Waals surface area (Å²) in [6.07, 6.45) is -0.691. The molecular formula is C11H16O3. The summed E-state index contributed by atoms with van der Waals surface area (Å²) in [5.74, 6) is 0.439. The SMILES string of the molecule is COc1cc(C)c(C)c(C(C)O)c1O. The number of phenols is 1. The Balaban J connectivity index is 3.45. The highest BCUT2D eigenvalue weighted by Gasteiger charge is 2.16. The summed E-state index contributed by atoms with van der Waals surface area (Å²) in [5.41, 5.74) is 2.44. The van der Waals surface area contributed by atoms with Gasteiger partial charge in [0.25, 0.3) is 0 Å². The fraction of sp³-hybridized carbons (Fsp3) is 0.455. The maximum atomic E-state index is 9.78. The van der Waals surface area contributed by atoms with E-state index in [1.165, 1.54) is 7.11 Å². The van der Waals surface area contributed by atoms with Crippen LogP contribution in [0.1, 0.15) is 29.7 Å². The van der Waals surface area contributed by atoms with E-state index in [1.807, 2.05) is 13.8 Å². The minimum absolute atomic E-state index is 0.0330. The lowest BCUT2D eigenvalue weighted by Crippen LogP contribution is -2.00. The van der Waals surface area contributed by atoms with Gasteiger partial charge in [-0.3, -0.25) is 0 Å². The first-order valence-corrected chi connectivity index (χ1v) is 4.54. The van der Waals surface area contributed by atoms with Gasteiger partial charge in [-0.1, -0.05) is 0 Å². The lowest BCUT2D eigenvalue weighted by Gasteiger charge is -2.16. The predicted molar refractivity (Wildman–Crippen MR) is 54.8 cm³/mol. The Morgan fingerprint density at radius 2 is 1.93 bits per heavy atom. The topological polar surface area (TPSA) is 49.7 Å². The molecule has 3 heteroatoms. The molecule has 78 valence electrons. The first-order valence-electron chi connectivity index (χ1n) is 4.54. The predicted octanol–water partition coefficient (Wildman–Crippen LogP) is 2.07. The van der Waals surface area contributed by atoms with Crippen LogP contribution >= 0.6 is 0 Å². The van der Waals surface area contributed by atoms with Crippen molar-refractivity contribution in [2.75, 3.05) is 7.11 Å². The number of ether oxygens (including phenoxy) is 1. The molecule has 1 atom stereocenters. The van der Waals surface area contributed by atoms with E-state index in [4.69, 9.17) is 4.74 Å². The van der Waals surface area contributed by atoms with Crippen molar-refractivity contribution in [2.24, 2.45) is 0 Å². The molecule has 1 unspecified atom stereocenters. The Hall–Kier alpha value is -1.22. The number of methoxy groups -OCH3 is 1. The molecule has 0 heterocycles. The van der Waals surface area contributed by atoms with Crippen LogP contribution in [0.15, 0.2) is 6.07 Å². The molecule has 0 amide bonds. The van der Waals surface area contributed by atoms with Crippen molar-refractivity contribution in [3.63, 3.8) is 0 Å². The second-order valence-corrected chi connectivity index (χ2v) is 3.46. The summed E-state index contributed by atoms with van der Waals surface area (Å²) < 4.78 is 5.01.